The summed E-state index contributed by atoms with van der Waals surface area (Å²) in [6.45, 7) is 3.13. The van der Waals surface area contributed by atoms with Gasteiger partial charge in [0.15, 0.2) is 6.10 Å². The zero-order chi connectivity index (χ0) is 44.3. The van der Waals surface area contributed by atoms with Gasteiger partial charge in [-0.3, -0.25) is 18.6 Å². The van der Waals surface area contributed by atoms with Gasteiger partial charge in [-0.2, -0.15) is 0 Å². The first kappa shape index (κ1) is 55.8. The molecular formula is C46H81O13P. The van der Waals surface area contributed by atoms with Gasteiger partial charge in [-0.1, -0.05) is 159 Å². The topological polar surface area (TPSA) is 210 Å². The van der Waals surface area contributed by atoms with Crippen LogP contribution in [0.3, 0.4) is 0 Å². The smallest absolute Gasteiger partial charge is 0.462 e. The Bertz CT molecular complexity index is 1240. The third-order valence-electron chi connectivity index (χ3n) is 10.4. The van der Waals surface area contributed by atoms with Gasteiger partial charge in [-0.05, 0) is 51.4 Å². The van der Waals surface area contributed by atoms with Crippen molar-refractivity contribution in [1.82, 2.24) is 0 Å². The fourth-order valence-electron chi connectivity index (χ4n) is 6.75. The van der Waals surface area contributed by atoms with Gasteiger partial charge in [0, 0.05) is 12.8 Å². The van der Waals surface area contributed by atoms with Crippen LogP contribution >= 0.6 is 7.82 Å². The van der Waals surface area contributed by atoms with Crippen molar-refractivity contribution in [2.75, 3.05) is 13.2 Å². The number of carbonyl (C=O) groups excluding carboxylic acids is 2. The van der Waals surface area contributed by atoms with E-state index in [-0.39, 0.29) is 12.8 Å². The van der Waals surface area contributed by atoms with Gasteiger partial charge in [0.05, 0.1) is 6.61 Å². The van der Waals surface area contributed by atoms with Crippen molar-refractivity contribution in [2.24, 2.45) is 0 Å². The number of phosphoric ester groups is 1. The maximum atomic E-state index is 12.8. The highest BCUT2D eigenvalue weighted by Gasteiger charge is 2.51. The van der Waals surface area contributed by atoms with E-state index in [0.29, 0.717) is 12.8 Å². The lowest BCUT2D eigenvalue weighted by molar-refractivity contribution is -0.220. The minimum Gasteiger partial charge on any atom is -0.462 e. The van der Waals surface area contributed by atoms with Crippen LogP contribution in [0.5, 0.6) is 0 Å². The molecule has 6 N–H and O–H groups in total. The lowest BCUT2D eigenvalue weighted by Gasteiger charge is -2.41. The Morgan fingerprint density at radius 2 is 0.950 bits per heavy atom. The van der Waals surface area contributed by atoms with E-state index in [1.165, 1.54) is 57.8 Å². The van der Waals surface area contributed by atoms with Crippen molar-refractivity contribution in [3.8, 4) is 0 Å². The summed E-state index contributed by atoms with van der Waals surface area (Å²) in [6, 6.07) is 0. The van der Waals surface area contributed by atoms with Gasteiger partial charge in [-0.25, -0.2) is 4.57 Å². The molecule has 0 aromatic carbocycles. The Morgan fingerprint density at radius 3 is 1.45 bits per heavy atom. The maximum Gasteiger partial charge on any atom is 0.472 e. The lowest BCUT2D eigenvalue weighted by Crippen LogP contribution is -2.64. The molecule has 0 aromatic heterocycles. The first-order valence-corrected chi connectivity index (χ1v) is 24.4. The Hall–Kier alpha value is -2.19. The number of phosphoric acid groups is 1. The summed E-state index contributed by atoms with van der Waals surface area (Å²) in [5, 5.41) is 50.0. The van der Waals surface area contributed by atoms with Crippen LogP contribution in [0.2, 0.25) is 0 Å². The first-order chi connectivity index (χ1) is 28.9. The van der Waals surface area contributed by atoms with Crippen LogP contribution in [0, 0.1) is 0 Å². The van der Waals surface area contributed by atoms with Gasteiger partial charge in [0.2, 0.25) is 0 Å². The summed E-state index contributed by atoms with van der Waals surface area (Å²) in [5.74, 6) is -1.11. The minimum atomic E-state index is -5.11. The van der Waals surface area contributed by atoms with Crippen LogP contribution in [-0.4, -0.2) is 98.3 Å². The standard InChI is InChI=1S/C46H81O13P/c1-3-5-7-9-11-13-14-15-16-17-18-19-20-21-22-23-24-25-26-27-29-31-33-35-40(48)58-38(36-56-39(47)34-32-30-28-12-10-8-6-4-2)37-57-60(54,55)59-46-44(52)42(50)41(49)43(51)45(46)53/h5,7,11,13,15-16,18-19,38,41-46,49-53H,3-4,6,8-10,12,14,17,20-37H2,1-2H3,(H,54,55)/b7-5-,13-11-,16-15-,19-18-. The van der Waals surface area contributed by atoms with E-state index in [1.807, 2.05) is 0 Å². The van der Waals surface area contributed by atoms with Crippen LogP contribution < -0.4 is 0 Å². The van der Waals surface area contributed by atoms with Crippen LogP contribution in [0.25, 0.3) is 0 Å². The van der Waals surface area contributed by atoms with Crippen molar-refractivity contribution >= 4 is 19.8 Å². The maximum absolute atomic E-state index is 12.8. The highest BCUT2D eigenvalue weighted by Crippen LogP contribution is 2.47. The highest BCUT2D eigenvalue weighted by molar-refractivity contribution is 7.47. The molecule has 0 amide bonds. The van der Waals surface area contributed by atoms with Crippen molar-refractivity contribution < 1.29 is 63.1 Å². The van der Waals surface area contributed by atoms with E-state index in [9.17, 15) is 44.6 Å². The van der Waals surface area contributed by atoms with Crippen LogP contribution in [0.15, 0.2) is 48.6 Å². The molecule has 0 heterocycles. The second-order valence-corrected chi connectivity index (χ2v) is 17.3. The van der Waals surface area contributed by atoms with E-state index >= 15 is 0 Å². The van der Waals surface area contributed by atoms with Crippen LogP contribution in [0.4, 0.5) is 0 Å². The van der Waals surface area contributed by atoms with E-state index in [0.717, 1.165) is 77.0 Å². The molecule has 0 radical (unpaired) electrons. The predicted octanol–water partition coefficient (Wildman–Crippen LogP) is 8.78. The Balaban J connectivity index is 2.37. The third kappa shape index (κ3) is 28.4. The molecule has 6 atom stereocenters. The highest BCUT2D eigenvalue weighted by atomic mass is 31.2. The number of carbonyl (C=O) groups is 2. The number of hydrogen-bond donors (Lipinski definition) is 6. The van der Waals surface area contributed by atoms with Crippen LogP contribution in [-0.2, 0) is 32.7 Å². The second-order valence-electron chi connectivity index (χ2n) is 15.9. The molecule has 14 heteroatoms. The summed E-state index contributed by atoms with van der Waals surface area (Å²) in [6.07, 6.45) is 29.1. The van der Waals surface area contributed by atoms with Gasteiger partial charge in [-0.15, -0.1) is 0 Å². The molecular weight excluding hydrogens is 791 g/mol. The molecule has 348 valence electrons. The summed E-state index contributed by atoms with van der Waals surface area (Å²) in [5.41, 5.74) is 0. The predicted molar refractivity (Wildman–Crippen MR) is 235 cm³/mol. The molecule has 0 spiro atoms. The third-order valence-corrected chi connectivity index (χ3v) is 11.4. The number of aliphatic hydroxyl groups excluding tert-OH is 5. The molecule has 0 aromatic rings. The largest absolute Gasteiger partial charge is 0.472 e. The molecule has 1 aliphatic carbocycles. The van der Waals surface area contributed by atoms with E-state index in [4.69, 9.17) is 18.5 Å². The minimum absolute atomic E-state index is 0.0911. The SMILES string of the molecule is CC/C=C\C/C=C\C/C=C\C/C=C\CCCCCCCCCCCCC(=O)OC(COC(=O)CCCCCCCCCC)COP(=O)(O)OC1C(O)C(O)C(O)C(O)C1O. The molecule has 13 nitrogen and oxygen atoms in total. The molecule has 0 aliphatic heterocycles. The van der Waals surface area contributed by atoms with Crippen molar-refractivity contribution in [3.05, 3.63) is 48.6 Å². The lowest BCUT2D eigenvalue weighted by atomic mass is 9.85. The summed E-state index contributed by atoms with van der Waals surface area (Å²) >= 11 is 0. The van der Waals surface area contributed by atoms with Gasteiger partial charge >= 0.3 is 19.8 Å². The Morgan fingerprint density at radius 1 is 0.533 bits per heavy atom. The quantitative estimate of drug-likeness (QED) is 0.0149. The number of ether oxygens (including phenoxy) is 2. The van der Waals surface area contributed by atoms with Gasteiger partial charge < -0.3 is 39.9 Å². The first-order valence-electron chi connectivity index (χ1n) is 22.9. The molecule has 6 unspecified atom stereocenters. The molecule has 1 aliphatic rings. The zero-order valence-corrected chi connectivity index (χ0v) is 37.6. The number of esters is 2. The molecule has 0 saturated heterocycles. The van der Waals surface area contributed by atoms with Crippen molar-refractivity contribution in [1.29, 1.82) is 0 Å². The molecule has 1 rings (SSSR count). The number of allylic oxidation sites excluding steroid dienone is 8. The fraction of sp³-hybridized carbons (Fsp3) is 0.783. The molecule has 0 bridgehead atoms. The number of unbranched alkanes of at least 4 members (excludes halogenated alkanes) is 17. The normalized spacial score (nSPS) is 22.6. The number of aliphatic hydroxyl groups is 5. The van der Waals surface area contributed by atoms with E-state index in [2.05, 4.69) is 62.5 Å². The van der Waals surface area contributed by atoms with Crippen molar-refractivity contribution in [3.63, 3.8) is 0 Å². The number of hydrogen-bond acceptors (Lipinski definition) is 12. The summed E-state index contributed by atoms with van der Waals surface area (Å²) in [7, 11) is -5.11. The molecule has 1 saturated carbocycles. The van der Waals surface area contributed by atoms with Gasteiger partial charge in [0.1, 0.15) is 43.2 Å². The summed E-state index contributed by atoms with van der Waals surface area (Å²) in [4.78, 5) is 35.5. The average molecular weight is 873 g/mol. The fourth-order valence-corrected chi connectivity index (χ4v) is 7.72. The summed E-state index contributed by atoms with van der Waals surface area (Å²) < 4.78 is 33.4. The average Bonchev–Trinajstić information content (AvgIpc) is 3.23. The van der Waals surface area contributed by atoms with Crippen LogP contribution in [0.1, 0.15) is 174 Å². The Kier molecular flexibility index (Phi) is 33.8. The molecule has 1 fully saturated rings. The second kappa shape index (κ2) is 36.3. The van der Waals surface area contributed by atoms with Crippen molar-refractivity contribution in [2.45, 2.75) is 217 Å². The van der Waals surface area contributed by atoms with E-state index in [1.54, 1.807) is 0 Å². The number of rotatable bonds is 37. The van der Waals surface area contributed by atoms with E-state index < -0.39 is 75.7 Å². The molecule has 60 heavy (non-hydrogen) atoms. The van der Waals surface area contributed by atoms with Gasteiger partial charge in [0.25, 0.3) is 0 Å². The Labute approximate surface area is 360 Å². The zero-order valence-electron chi connectivity index (χ0n) is 36.7. The monoisotopic (exact) mass is 873 g/mol.